The summed E-state index contributed by atoms with van der Waals surface area (Å²) in [6.45, 7) is 0.135. The molecule has 0 aliphatic carbocycles. The number of rotatable bonds is 6. The zero-order chi connectivity index (χ0) is 19.1. The third kappa shape index (κ3) is 5.43. The molecule has 0 spiro atoms. The Kier molecular flexibility index (Phi) is 5.84. The highest BCUT2D eigenvalue weighted by atomic mass is 16.5. The molecule has 0 unspecified atom stereocenters. The van der Waals surface area contributed by atoms with E-state index in [-0.39, 0.29) is 12.6 Å². The normalized spacial score (nSPS) is 10.1. The van der Waals surface area contributed by atoms with Crippen LogP contribution < -0.4 is 10.1 Å². The molecule has 138 valence electrons. The molecule has 0 fully saturated rings. The summed E-state index contributed by atoms with van der Waals surface area (Å²) >= 11 is 0. The summed E-state index contributed by atoms with van der Waals surface area (Å²) in [6.07, 6.45) is 1.65. The van der Waals surface area contributed by atoms with Crippen molar-refractivity contribution in [1.82, 2.24) is 14.9 Å². The maximum Gasteiger partial charge on any atom is 0.284 e. The van der Waals surface area contributed by atoms with E-state index in [1.54, 1.807) is 31.3 Å². The third-order valence-electron chi connectivity index (χ3n) is 3.56. The number of amidine groups is 1. The van der Waals surface area contributed by atoms with E-state index in [0.717, 1.165) is 17.2 Å². The van der Waals surface area contributed by atoms with Gasteiger partial charge in [-0.05, 0) is 42.5 Å². The first-order valence-corrected chi connectivity index (χ1v) is 8.41. The quantitative estimate of drug-likeness (QED) is 0.508. The fourth-order valence-corrected chi connectivity index (χ4v) is 2.18. The molecule has 0 aliphatic rings. The van der Waals surface area contributed by atoms with Crippen molar-refractivity contribution in [1.29, 1.82) is 5.41 Å². The van der Waals surface area contributed by atoms with Gasteiger partial charge in [-0.2, -0.15) is 0 Å². The van der Waals surface area contributed by atoms with Crippen LogP contribution in [-0.2, 0) is 11.3 Å². The van der Waals surface area contributed by atoms with Crippen molar-refractivity contribution in [3.05, 3.63) is 72.7 Å². The molecule has 0 atom stereocenters. The molecule has 3 aromatic rings. The Morgan fingerprint density at radius 2 is 1.70 bits per heavy atom. The van der Waals surface area contributed by atoms with Crippen LogP contribution in [0.4, 0.5) is 11.5 Å². The van der Waals surface area contributed by atoms with E-state index in [1.807, 2.05) is 54.6 Å². The number of benzene rings is 2. The second-order valence-electron chi connectivity index (χ2n) is 5.91. The van der Waals surface area contributed by atoms with Gasteiger partial charge < -0.3 is 19.7 Å². The van der Waals surface area contributed by atoms with Crippen molar-refractivity contribution >= 4 is 17.5 Å². The standard InChI is InChI=1S/C20H21N5O2/c1-25(2)20(21)26-14-19-22-13-12-18(24-19)23-15-8-10-17(11-9-15)27-16-6-4-3-5-7-16/h3-13,21H,14H2,1-2H3,(H,22,23,24). The van der Waals surface area contributed by atoms with Crippen LogP contribution in [0.25, 0.3) is 0 Å². The molecule has 1 aromatic heterocycles. The van der Waals surface area contributed by atoms with Crippen LogP contribution in [0.15, 0.2) is 66.9 Å². The maximum absolute atomic E-state index is 7.65. The lowest BCUT2D eigenvalue weighted by Crippen LogP contribution is -2.23. The van der Waals surface area contributed by atoms with Gasteiger partial charge in [0.2, 0.25) is 0 Å². The third-order valence-corrected chi connectivity index (χ3v) is 3.56. The highest BCUT2D eigenvalue weighted by Gasteiger charge is 2.05. The Labute approximate surface area is 158 Å². The molecule has 0 aliphatic heterocycles. The van der Waals surface area contributed by atoms with Gasteiger partial charge in [-0.1, -0.05) is 18.2 Å². The topological polar surface area (TPSA) is 83.4 Å². The van der Waals surface area contributed by atoms with Gasteiger partial charge in [-0.25, -0.2) is 9.97 Å². The predicted molar refractivity (Wildman–Crippen MR) is 104 cm³/mol. The molecular weight excluding hydrogens is 342 g/mol. The summed E-state index contributed by atoms with van der Waals surface area (Å²) in [6, 6.07) is 19.1. The highest BCUT2D eigenvalue weighted by molar-refractivity contribution is 5.69. The molecule has 7 heteroatoms. The molecule has 27 heavy (non-hydrogen) atoms. The number of hydrogen-bond acceptors (Lipinski definition) is 6. The molecule has 0 radical (unpaired) electrons. The first-order valence-electron chi connectivity index (χ1n) is 8.41. The number of anilines is 2. The predicted octanol–water partition coefficient (Wildman–Crippen LogP) is 4.03. The summed E-state index contributed by atoms with van der Waals surface area (Å²) in [5.74, 6) is 2.69. The van der Waals surface area contributed by atoms with Crippen LogP contribution in [0.5, 0.6) is 11.5 Å². The molecule has 0 saturated carbocycles. The SMILES string of the molecule is CN(C)C(=N)OCc1nccc(Nc2ccc(Oc3ccccc3)cc2)n1. The first-order chi connectivity index (χ1) is 13.1. The second-order valence-corrected chi connectivity index (χ2v) is 5.91. The van der Waals surface area contributed by atoms with Gasteiger partial charge >= 0.3 is 0 Å². The fourth-order valence-electron chi connectivity index (χ4n) is 2.18. The monoisotopic (exact) mass is 363 g/mol. The van der Waals surface area contributed by atoms with E-state index in [1.165, 1.54) is 0 Å². The van der Waals surface area contributed by atoms with E-state index in [2.05, 4.69) is 15.3 Å². The Balaban J connectivity index is 1.60. The molecule has 2 N–H and O–H groups in total. The number of ether oxygens (including phenoxy) is 2. The fraction of sp³-hybridized carbons (Fsp3) is 0.150. The average Bonchev–Trinajstić information content (AvgIpc) is 2.69. The smallest absolute Gasteiger partial charge is 0.284 e. The van der Waals surface area contributed by atoms with Crippen LogP contribution in [-0.4, -0.2) is 35.0 Å². The lowest BCUT2D eigenvalue weighted by atomic mass is 10.3. The van der Waals surface area contributed by atoms with Gasteiger partial charge in [-0.3, -0.25) is 5.41 Å². The van der Waals surface area contributed by atoms with E-state index < -0.39 is 0 Å². The van der Waals surface area contributed by atoms with Crippen LogP contribution in [0.3, 0.4) is 0 Å². The van der Waals surface area contributed by atoms with Gasteiger partial charge in [0.15, 0.2) is 12.4 Å². The van der Waals surface area contributed by atoms with Gasteiger partial charge in [-0.15, -0.1) is 0 Å². The minimum Gasteiger partial charge on any atom is -0.457 e. The molecule has 7 nitrogen and oxygen atoms in total. The summed E-state index contributed by atoms with van der Waals surface area (Å²) in [5, 5.41) is 10.9. The molecule has 0 saturated heterocycles. The number of aromatic nitrogens is 2. The summed E-state index contributed by atoms with van der Waals surface area (Å²) in [4.78, 5) is 10.1. The second kappa shape index (κ2) is 8.66. The Morgan fingerprint density at radius 1 is 1.00 bits per heavy atom. The van der Waals surface area contributed by atoms with Crippen molar-refractivity contribution in [2.24, 2.45) is 0 Å². The molecule has 3 rings (SSSR count). The maximum atomic E-state index is 7.65. The van der Waals surface area contributed by atoms with Crippen molar-refractivity contribution in [2.75, 3.05) is 19.4 Å². The van der Waals surface area contributed by atoms with E-state index in [0.29, 0.717) is 11.6 Å². The highest BCUT2D eigenvalue weighted by Crippen LogP contribution is 2.23. The Bertz CT molecular complexity index is 882. The summed E-state index contributed by atoms with van der Waals surface area (Å²) in [7, 11) is 3.48. The van der Waals surface area contributed by atoms with Crippen LogP contribution >= 0.6 is 0 Å². The molecule has 0 amide bonds. The van der Waals surface area contributed by atoms with Crippen molar-refractivity contribution in [3.63, 3.8) is 0 Å². The number of hydrogen-bond donors (Lipinski definition) is 2. The first kappa shape index (κ1) is 18.2. The number of para-hydroxylation sites is 1. The van der Waals surface area contributed by atoms with Crippen molar-refractivity contribution < 1.29 is 9.47 Å². The van der Waals surface area contributed by atoms with Gasteiger partial charge in [0.05, 0.1) is 0 Å². The van der Waals surface area contributed by atoms with Gasteiger partial charge in [0.25, 0.3) is 6.02 Å². The average molecular weight is 363 g/mol. The number of nitrogens with one attached hydrogen (secondary N) is 2. The van der Waals surface area contributed by atoms with Crippen molar-refractivity contribution in [2.45, 2.75) is 6.61 Å². The summed E-state index contributed by atoms with van der Waals surface area (Å²) in [5.41, 5.74) is 0.877. The van der Waals surface area contributed by atoms with Crippen molar-refractivity contribution in [3.8, 4) is 11.5 Å². The van der Waals surface area contributed by atoms with Crippen LogP contribution in [0, 0.1) is 5.41 Å². The molecule has 1 heterocycles. The van der Waals surface area contributed by atoms with Gasteiger partial charge in [0, 0.05) is 26.0 Å². The van der Waals surface area contributed by atoms with E-state index in [4.69, 9.17) is 14.9 Å². The lowest BCUT2D eigenvalue weighted by molar-refractivity contribution is 0.235. The van der Waals surface area contributed by atoms with Crippen LogP contribution in [0.2, 0.25) is 0 Å². The Hall–Kier alpha value is -3.61. The molecule has 0 bridgehead atoms. The zero-order valence-electron chi connectivity index (χ0n) is 15.2. The summed E-state index contributed by atoms with van der Waals surface area (Å²) < 4.78 is 11.1. The minimum atomic E-state index is 0.0611. The minimum absolute atomic E-state index is 0.0611. The number of nitrogens with zero attached hydrogens (tertiary/aromatic N) is 3. The van der Waals surface area contributed by atoms with Gasteiger partial charge in [0.1, 0.15) is 17.3 Å². The molecule has 2 aromatic carbocycles. The molecular formula is C20H21N5O2. The Morgan fingerprint density at radius 3 is 2.41 bits per heavy atom. The van der Waals surface area contributed by atoms with Crippen LogP contribution in [0.1, 0.15) is 5.82 Å². The van der Waals surface area contributed by atoms with E-state index in [9.17, 15) is 0 Å². The zero-order valence-corrected chi connectivity index (χ0v) is 15.2. The van der Waals surface area contributed by atoms with E-state index >= 15 is 0 Å². The lowest BCUT2D eigenvalue weighted by Gasteiger charge is -2.13. The largest absolute Gasteiger partial charge is 0.457 e.